The second kappa shape index (κ2) is 8.44. The van der Waals surface area contributed by atoms with Crippen molar-refractivity contribution >= 4 is 11.6 Å². The van der Waals surface area contributed by atoms with Crippen molar-refractivity contribution < 1.29 is 0 Å². The van der Waals surface area contributed by atoms with E-state index in [1.54, 1.807) is 0 Å². The Labute approximate surface area is 179 Å². The highest BCUT2D eigenvalue weighted by molar-refractivity contribution is 5.48. The van der Waals surface area contributed by atoms with E-state index in [9.17, 15) is 0 Å². The van der Waals surface area contributed by atoms with Crippen LogP contribution in [0.1, 0.15) is 22.4 Å². The fourth-order valence-corrected chi connectivity index (χ4v) is 4.52. The van der Waals surface area contributed by atoms with Gasteiger partial charge in [-0.2, -0.15) is 0 Å². The molecule has 3 aromatic rings. The molecule has 0 bridgehead atoms. The molecular formula is C25H29N5. The lowest BCUT2D eigenvalue weighted by atomic mass is 10.1. The van der Waals surface area contributed by atoms with Gasteiger partial charge in [0.1, 0.15) is 0 Å². The van der Waals surface area contributed by atoms with Crippen molar-refractivity contribution in [3.63, 3.8) is 0 Å². The molecule has 5 heteroatoms. The smallest absolute Gasteiger partial charge is 0.225 e. The first-order valence-corrected chi connectivity index (χ1v) is 10.9. The van der Waals surface area contributed by atoms with Crippen molar-refractivity contribution in [3.05, 3.63) is 83.2 Å². The minimum Gasteiger partial charge on any atom is -0.368 e. The van der Waals surface area contributed by atoms with Gasteiger partial charge in [0.2, 0.25) is 5.95 Å². The lowest BCUT2D eigenvalue weighted by molar-refractivity contribution is 0.243. The number of anilines is 2. The molecule has 0 radical (unpaired) electrons. The topological polar surface area (TPSA) is 35.5 Å². The number of benzene rings is 2. The van der Waals surface area contributed by atoms with Crippen LogP contribution >= 0.6 is 0 Å². The van der Waals surface area contributed by atoms with E-state index < -0.39 is 0 Å². The number of aryl methyl sites for hydroxylation is 1. The molecule has 0 saturated carbocycles. The van der Waals surface area contributed by atoms with Gasteiger partial charge in [0.25, 0.3) is 0 Å². The molecule has 30 heavy (non-hydrogen) atoms. The Bertz CT molecular complexity index is 995. The Hall–Kier alpha value is -2.92. The van der Waals surface area contributed by atoms with E-state index in [0.717, 1.165) is 58.2 Å². The summed E-state index contributed by atoms with van der Waals surface area (Å²) in [5.74, 6) is 0.897. The standard InChI is InChI=1S/C25H29N5/c1-20-6-5-7-21(16-20)18-28-11-10-24-22(19-28)17-26-25(27-24)30-14-12-29(13-15-30)23-8-3-2-4-9-23/h2-9,16-17H,10-15,18-19H2,1H3. The molecule has 3 heterocycles. The summed E-state index contributed by atoms with van der Waals surface area (Å²) < 4.78 is 0. The van der Waals surface area contributed by atoms with Crippen molar-refractivity contribution in [1.82, 2.24) is 14.9 Å². The minimum atomic E-state index is 0.897. The third-order valence-corrected chi connectivity index (χ3v) is 6.17. The third kappa shape index (κ3) is 4.17. The number of nitrogens with zero attached hydrogens (tertiary/aromatic N) is 5. The maximum Gasteiger partial charge on any atom is 0.225 e. The van der Waals surface area contributed by atoms with Crippen LogP contribution in [0.25, 0.3) is 0 Å². The fraction of sp³-hybridized carbons (Fsp3) is 0.360. The monoisotopic (exact) mass is 399 g/mol. The number of rotatable bonds is 4. The number of piperazine rings is 1. The van der Waals surface area contributed by atoms with E-state index in [2.05, 4.69) is 82.4 Å². The highest BCUT2D eigenvalue weighted by Gasteiger charge is 2.23. The van der Waals surface area contributed by atoms with Crippen LogP contribution in [0.5, 0.6) is 0 Å². The van der Waals surface area contributed by atoms with Crippen molar-refractivity contribution in [2.24, 2.45) is 0 Å². The molecule has 0 atom stereocenters. The van der Waals surface area contributed by atoms with E-state index in [1.165, 1.54) is 28.1 Å². The fourth-order valence-electron chi connectivity index (χ4n) is 4.52. The largest absolute Gasteiger partial charge is 0.368 e. The highest BCUT2D eigenvalue weighted by atomic mass is 15.3. The number of para-hydroxylation sites is 1. The maximum absolute atomic E-state index is 4.96. The summed E-state index contributed by atoms with van der Waals surface area (Å²) in [5, 5.41) is 0. The predicted octanol–water partition coefficient (Wildman–Crippen LogP) is 3.67. The second-order valence-corrected chi connectivity index (χ2v) is 8.40. The third-order valence-electron chi connectivity index (χ3n) is 6.17. The Morgan fingerprint density at radius 1 is 0.867 bits per heavy atom. The van der Waals surface area contributed by atoms with Crippen molar-refractivity contribution in [1.29, 1.82) is 0 Å². The van der Waals surface area contributed by atoms with Gasteiger partial charge in [-0.15, -0.1) is 0 Å². The van der Waals surface area contributed by atoms with Crippen LogP contribution in [0.2, 0.25) is 0 Å². The molecule has 5 nitrogen and oxygen atoms in total. The lowest BCUT2D eigenvalue weighted by Crippen LogP contribution is -2.47. The van der Waals surface area contributed by atoms with Crippen LogP contribution in [0, 0.1) is 6.92 Å². The molecule has 2 aliphatic heterocycles. The number of hydrogen-bond donors (Lipinski definition) is 0. The first kappa shape index (κ1) is 19.1. The van der Waals surface area contributed by atoms with Gasteiger partial charge in [-0.1, -0.05) is 48.0 Å². The maximum atomic E-state index is 4.96. The Kier molecular flexibility index (Phi) is 5.37. The zero-order valence-electron chi connectivity index (χ0n) is 17.7. The predicted molar refractivity (Wildman–Crippen MR) is 122 cm³/mol. The Morgan fingerprint density at radius 3 is 2.47 bits per heavy atom. The van der Waals surface area contributed by atoms with Gasteiger partial charge in [0.15, 0.2) is 0 Å². The summed E-state index contributed by atoms with van der Waals surface area (Å²) >= 11 is 0. The second-order valence-electron chi connectivity index (χ2n) is 8.40. The van der Waals surface area contributed by atoms with Crippen LogP contribution in [0.3, 0.4) is 0 Å². The van der Waals surface area contributed by atoms with Crippen LogP contribution in [0.15, 0.2) is 60.8 Å². The quantitative estimate of drug-likeness (QED) is 0.669. The van der Waals surface area contributed by atoms with Gasteiger partial charge in [0, 0.05) is 69.7 Å². The van der Waals surface area contributed by atoms with Crippen molar-refractivity contribution in [2.45, 2.75) is 26.4 Å². The molecule has 0 aliphatic carbocycles. The van der Waals surface area contributed by atoms with Gasteiger partial charge >= 0.3 is 0 Å². The van der Waals surface area contributed by atoms with Crippen LogP contribution in [-0.4, -0.2) is 47.6 Å². The zero-order chi connectivity index (χ0) is 20.3. The van der Waals surface area contributed by atoms with Gasteiger partial charge in [0.05, 0.1) is 5.69 Å². The molecular weight excluding hydrogens is 370 g/mol. The van der Waals surface area contributed by atoms with E-state index in [0.29, 0.717) is 0 Å². The molecule has 0 N–H and O–H groups in total. The molecule has 2 aromatic carbocycles. The van der Waals surface area contributed by atoms with Crippen LogP contribution < -0.4 is 9.80 Å². The number of aromatic nitrogens is 2. The molecule has 154 valence electrons. The van der Waals surface area contributed by atoms with Gasteiger partial charge in [-0.25, -0.2) is 9.97 Å². The van der Waals surface area contributed by atoms with Crippen molar-refractivity contribution in [3.8, 4) is 0 Å². The molecule has 1 aromatic heterocycles. The summed E-state index contributed by atoms with van der Waals surface area (Å²) in [7, 11) is 0. The molecule has 0 unspecified atom stereocenters. The lowest BCUT2D eigenvalue weighted by Gasteiger charge is -2.36. The molecule has 5 rings (SSSR count). The summed E-state index contributed by atoms with van der Waals surface area (Å²) in [5.41, 5.74) is 6.52. The average Bonchev–Trinajstić information content (AvgIpc) is 2.79. The van der Waals surface area contributed by atoms with Gasteiger partial charge in [-0.3, -0.25) is 4.90 Å². The SMILES string of the molecule is Cc1cccc(CN2CCc3nc(N4CCN(c5ccccc5)CC4)ncc3C2)c1. The van der Waals surface area contributed by atoms with Gasteiger partial charge < -0.3 is 9.80 Å². The molecule has 1 saturated heterocycles. The summed E-state index contributed by atoms with van der Waals surface area (Å²) in [6.45, 7) is 9.09. The number of hydrogen-bond acceptors (Lipinski definition) is 5. The molecule has 2 aliphatic rings. The highest BCUT2D eigenvalue weighted by Crippen LogP contribution is 2.23. The minimum absolute atomic E-state index is 0.897. The van der Waals surface area contributed by atoms with E-state index in [-0.39, 0.29) is 0 Å². The summed E-state index contributed by atoms with van der Waals surface area (Å²) in [6.07, 6.45) is 3.06. The molecule has 0 spiro atoms. The summed E-state index contributed by atoms with van der Waals surface area (Å²) in [6, 6.07) is 19.5. The average molecular weight is 400 g/mol. The van der Waals surface area contributed by atoms with Gasteiger partial charge in [-0.05, 0) is 24.6 Å². The molecule has 0 amide bonds. The zero-order valence-corrected chi connectivity index (χ0v) is 17.7. The Morgan fingerprint density at radius 2 is 1.67 bits per heavy atom. The van der Waals surface area contributed by atoms with E-state index in [4.69, 9.17) is 9.97 Å². The van der Waals surface area contributed by atoms with E-state index >= 15 is 0 Å². The first-order valence-electron chi connectivity index (χ1n) is 10.9. The molecule has 1 fully saturated rings. The van der Waals surface area contributed by atoms with Crippen LogP contribution in [0.4, 0.5) is 11.6 Å². The summed E-state index contributed by atoms with van der Waals surface area (Å²) in [4.78, 5) is 17.0. The number of fused-ring (bicyclic) bond motifs is 1. The normalized spacial score (nSPS) is 17.1. The Balaban J connectivity index is 1.22. The van der Waals surface area contributed by atoms with Crippen LogP contribution in [-0.2, 0) is 19.5 Å². The van der Waals surface area contributed by atoms with Crippen molar-refractivity contribution in [2.75, 3.05) is 42.5 Å². The van der Waals surface area contributed by atoms with E-state index in [1.807, 2.05) is 0 Å². The first-order chi connectivity index (χ1) is 14.7.